The Labute approximate surface area is 253 Å². The fourth-order valence-corrected chi connectivity index (χ4v) is 4.75. The van der Waals surface area contributed by atoms with Gasteiger partial charge in [0, 0.05) is 17.2 Å². The van der Waals surface area contributed by atoms with Crippen LogP contribution in [0.5, 0.6) is 0 Å². The third-order valence-electron chi connectivity index (χ3n) is 6.69. The van der Waals surface area contributed by atoms with Crippen LogP contribution in [0.25, 0.3) is 12.2 Å². The number of aromatic amines is 3. The van der Waals surface area contributed by atoms with Crippen LogP contribution in [0, 0.1) is 5.82 Å². The number of carbonyl (C=O) groups excluding carboxylic acids is 2. The molecule has 1 atom stereocenters. The van der Waals surface area contributed by atoms with E-state index in [0.29, 0.717) is 34.6 Å². The molecule has 0 saturated heterocycles. The quantitative estimate of drug-likeness (QED) is 0.198. The largest absolute Gasteiger partial charge is 0.458 e. The van der Waals surface area contributed by atoms with Crippen LogP contribution in [-0.4, -0.2) is 49.4 Å². The summed E-state index contributed by atoms with van der Waals surface area (Å²) in [5, 5.41) is -0.0324. The molecule has 3 N–H and O–H groups in total. The molecule has 0 bridgehead atoms. The number of hydrogen-bond acceptors (Lipinski definition) is 7. The minimum absolute atomic E-state index is 0.0110. The van der Waals surface area contributed by atoms with Crippen LogP contribution in [0.2, 0.25) is 0 Å². The van der Waals surface area contributed by atoms with Crippen molar-refractivity contribution in [3.8, 4) is 0 Å². The molecule has 0 saturated carbocycles. The first-order valence-electron chi connectivity index (χ1n) is 14.3. The molecule has 0 spiro atoms. The maximum Gasteiger partial charge on any atom is 0.329 e. The molecule has 0 fully saturated rings. The van der Waals surface area contributed by atoms with Gasteiger partial charge in [0.1, 0.15) is 28.2 Å². The van der Waals surface area contributed by atoms with Gasteiger partial charge in [-0.15, -0.1) is 0 Å². The average molecular weight is 602 g/mol. The number of nitrogens with zero attached hydrogens (tertiary/aromatic N) is 2. The summed E-state index contributed by atoms with van der Waals surface area (Å²) < 4.78 is 18.9. The van der Waals surface area contributed by atoms with Crippen molar-refractivity contribution in [3.63, 3.8) is 0 Å². The van der Waals surface area contributed by atoms with Crippen LogP contribution < -0.4 is 26.7 Å². The molecule has 0 amide bonds. The number of rotatable bonds is 9. The van der Waals surface area contributed by atoms with E-state index in [-0.39, 0.29) is 22.5 Å². The summed E-state index contributed by atoms with van der Waals surface area (Å²) in [5.74, 6) is -0.719. The monoisotopic (exact) mass is 601 g/mol. The highest BCUT2D eigenvalue weighted by molar-refractivity contribution is 6.09. The van der Waals surface area contributed by atoms with Crippen molar-refractivity contribution in [1.82, 2.24) is 19.9 Å². The number of nitrogens with one attached hydrogen (secondary N) is 3. The van der Waals surface area contributed by atoms with Crippen LogP contribution in [0.4, 0.5) is 10.2 Å². The van der Waals surface area contributed by atoms with Crippen molar-refractivity contribution >= 4 is 29.7 Å². The average Bonchev–Trinajstić information content (AvgIpc) is 3.40. The van der Waals surface area contributed by atoms with E-state index >= 15 is 0 Å². The van der Waals surface area contributed by atoms with Gasteiger partial charge in [0.05, 0.1) is 12.0 Å². The Morgan fingerprint density at radius 1 is 0.977 bits per heavy atom. The number of imidazole rings is 1. The highest BCUT2D eigenvalue weighted by Crippen LogP contribution is 2.25. The highest BCUT2D eigenvalue weighted by atomic mass is 19.1. The Morgan fingerprint density at radius 2 is 1.61 bits per heavy atom. The van der Waals surface area contributed by atoms with Gasteiger partial charge in [0.15, 0.2) is 11.6 Å². The molecule has 2 aromatic carbocycles. The molecule has 0 aliphatic heterocycles. The zero-order valence-electron chi connectivity index (χ0n) is 25.5. The normalized spacial score (nSPS) is 13.3. The van der Waals surface area contributed by atoms with Gasteiger partial charge in [-0.1, -0.05) is 25.1 Å². The molecule has 2 heterocycles. The van der Waals surface area contributed by atoms with Gasteiger partial charge in [0.25, 0.3) is 11.1 Å². The van der Waals surface area contributed by atoms with Gasteiger partial charge >= 0.3 is 5.97 Å². The number of ether oxygens (including phenoxy) is 1. The number of hydrogen-bond donors (Lipinski definition) is 3. The summed E-state index contributed by atoms with van der Waals surface area (Å²) >= 11 is 0. The summed E-state index contributed by atoms with van der Waals surface area (Å²) in [6, 6.07) is 11.0. The van der Waals surface area contributed by atoms with Crippen LogP contribution in [0.3, 0.4) is 0 Å². The first-order chi connectivity index (χ1) is 20.8. The summed E-state index contributed by atoms with van der Waals surface area (Å²) in [5.41, 5.74) is -0.206. The van der Waals surface area contributed by atoms with E-state index in [1.54, 1.807) is 45.0 Å². The van der Waals surface area contributed by atoms with Crippen LogP contribution in [0.15, 0.2) is 64.4 Å². The number of esters is 1. The van der Waals surface area contributed by atoms with Crippen molar-refractivity contribution in [2.45, 2.75) is 65.6 Å². The topological polar surface area (TPSA) is 141 Å². The zero-order chi connectivity index (χ0) is 32.2. The minimum atomic E-state index is -0.668. The van der Waals surface area contributed by atoms with Gasteiger partial charge in [-0.3, -0.25) is 14.4 Å². The minimum Gasteiger partial charge on any atom is -0.458 e. The lowest BCUT2D eigenvalue weighted by Gasteiger charge is -2.35. The molecule has 0 aliphatic carbocycles. The van der Waals surface area contributed by atoms with Crippen LogP contribution >= 0.6 is 0 Å². The third kappa shape index (κ3) is 7.47. The fourth-order valence-electron chi connectivity index (χ4n) is 4.75. The van der Waals surface area contributed by atoms with Gasteiger partial charge in [-0.05, 0) is 89.1 Å². The second-order valence-electron chi connectivity index (χ2n) is 11.6. The SMILES string of the molecule is CCC(C(=O)OC(C)(C)C)N(c1nc[nH]c1/C=c1\[nH]c(=O)/c(=C/c2cccc(C(=O)c3ccc(F)cc3)c2)[nH]c1=O)C(C)C. The highest BCUT2D eigenvalue weighted by Gasteiger charge is 2.33. The lowest BCUT2D eigenvalue weighted by Crippen LogP contribution is -2.48. The first kappa shape index (κ1) is 31.9. The number of anilines is 1. The first-order valence-corrected chi connectivity index (χ1v) is 14.3. The van der Waals surface area contributed by atoms with Gasteiger partial charge in [-0.2, -0.15) is 0 Å². The molecule has 1 unspecified atom stereocenters. The van der Waals surface area contributed by atoms with Gasteiger partial charge in [-0.25, -0.2) is 14.2 Å². The van der Waals surface area contributed by atoms with Crippen molar-refractivity contribution in [2.24, 2.45) is 0 Å². The molecule has 10 nitrogen and oxygen atoms in total. The summed E-state index contributed by atoms with van der Waals surface area (Å²) in [7, 11) is 0. The van der Waals surface area contributed by atoms with Crippen molar-refractivity contribution < 1.29 is 18.7 Å². The van der Waals surface area contributed by atoms with Crippen molar-refractivity contribution in [3.05, 3.63) is 114 Å². The number of ketones is 1. The summed E-state index contributed by atoms with van der Waals surface area (Å²) in [6.45, 7) is 11.1. The third-order valence-corrected chi connectivity index (χ3v) is 6.69. The Balaban J connectivity index is 1.70. The van der Waals surface area contributed by atoms with Gasteiger partial charge in [0.2, 0.25) is 0 Å². The number of benzene rings is 2. The predicted octanol–water partition coefficient (Wildman–Crippen LogP) is 3.15. The molecule has 0 aliphatic rings. The predicted molar refractivity (Wildman–Crippen MR) is 166 cm³/mol. The van der Waals surface area contributed by atoms with E-state index in [1.807, 2.05) is 25.7 Å². The molecular formula is C33H36FN5O5. The van der Waals surface area contributed by atoms with E-state index in [2.05, 4.69) is 19.9 Å². The van der Waals surface area contributed by atoms with Gasteiger partial charge < -0.3 is 24.6 Å². The molecule has 230 valence electrons. The Hall–Kier alpha value is -5.06. The molecule has 4 aromatic rings. The molecule has 2 aromatic heterocycles. The number of carbonyl (C=O) groups is 2. The number of H-pyrrole nitrogens is 3. The maximum absolute atomic E-state index is 13.3. The van der Waals surface area contributed by atoms with E-state index < -0.39 is 34.5 Å². The maximum atomic E-state index is 13.3. The van der Waals surface area contributed by atoms with Crippen LogP contribution in [-0.2, 0) is 9.53 Å². The Bertz CT molecular complexity index is 1900. The lowest BCUT2D eigenvalue weighted by molar-refractivity contribution is -0.156. The summed E-state index contributed by atoms with van der Waals surface area (Å²) in [4.78, 5) is 66.5. The van der Waals surface area contributed by atoms with Crippen LogP contribution in [0.1, 0.15) is 75.1 Å². The van der Waals surface area contributed by atoms with E-state index in [0.717, 1.165) is 0 Å². The second kappa shape index (κ2) is 13.1. The Morgan fingerprint density at radius 3 is 2.20 bits per heavy atom. The fraction of sp³-hybridized carbons (Fsp3) is 0.303. The number of halogens is 1. The Kier molecular flexibility index (Phi) is 9.46. The molecule has 11 heteroatoms. The summed E-state index contributed by atoms with van der Waals surface area (Å²) in [6.07, 6.45) is 4.83. The molecule has 44 heavy (non-hydrogen) atoms. The van der Waals surface area contributed by atoms with E-state index in [4.69, 9.17) is 4.74 Å². The van der Waals surface area contributed by atoms with Crippen molar-refractivity contribution in [2.75, 3.05) is 4.90 Å². The van der Waals surface area contributed by atoms with E-state index in [1.165, 1.54) is 42.7 Å². The molecule has 0 radical (unpaired) electrons. The van der Waals surface area contributed by atoms with Crippen molar-refractivity contribution in [1.29, 1.82) is 0 Å². The zero-order valence-corrected chi connectivity index (χ0v) is 25.5. The smallest absolute Gasteiger partial charge is 0.329 e. The lowest BCUT2D eigenvalue weighted by atomic mass is 10.0. The standard InChI is InChI=1S/C33H36FN5O5/c1-7-27(32(43)44-33(4,5)6)39(19(2)3)29-24(35-18-36-29)17-26-31(42)37-25(30(41)38-26)16-20-9-8-10-22(15-20)28(40)21-11-13-23(34)14-12-21/h8-19,27H,7H2,1-6H3,(H,35,36)(H,37,42)(H,38,41)/b25-16-,26-17-. The molecular weight excluding hydrogens is 565 g/mol. The second-order valence-corrected chi connectivity index (χ2v) is 11.6. The molecule has 4 rings (SSSR count). The number of aromatic nitrogens is 4. The van der Waals surface area contributed by atoms with E-state index in [9.17, 15) is 23.6 Å².